The number of hydrogen-bond acceptors (Lipinski definition) is 8. The monoisotopic (exact) mass is 495 g/mol. The number of non-ortho nitro benzene ring substituents is 1. The van der Waals surface area contributed by atoms with Gasteiger partial charge in [-0.05, 0) is 30.2 Å². The molecule has 188 valence electrons. The lowest BCUT2D eigenvalue weighted by Gasteiger charge is -2.12. The van der Waals surface area contributed by atoms with Crippen LogP contribution in [0.1, 0.15) is 23.7 Å². The molecule has 0 bridgehead atoms. The van der Waals surface area contributed by atoms with E-state index in [1.165, 1.54) is 38.1 Å². The second-order valence-corrected chi connectivity index (χ2v) is 8.13. The molecule has 3 aromatic rings. The third-order valence-electron chi connectivity index (χ3n) is 5.86. The van der Waals surface area contributed by atoms with Gasteiger partial charge < -0.3 is 24.8 Å². The molecule has 12 heteroatoms. The maximum absolute atomic E-state index is 12.8. The molecule has 1 atom stereocenters. The number of fused-ring (bicyclic) bond motifs is 1. The van der Waals surface area contributed by atoms with Crippen LogP contribution in [0.25, 0.3) is 11.1 Å². The first-order chi connectivity index (χ1) is 17.3. The predicted molar refractivity (Wildman–Crippen MR) is 130 cm³/mol. The number of rotatable bonds is 9. The predicted octanol–water partition coefficient (Wildman–Crippen LogP) is 3.45. The Kier molecular flexibility index (Phi) is 6.88. The summed E-state index contributed by atoms with van der Waals surface area (Å²) in [5, 5.41) is 21.2. The lowest BCUT2D eigenvalue weighted by Crippen LogP contribution is -2.24. The first-order valence-electron chi connectivity index (χ1n) is 11.0. The van der Waals surface area contributed by atoms with E-state index in [1.54, 1.807) is 25.1 Å². The third-order valence-corrected chi connectivity index (χ3v) is 5.86. The molecule has 1 aliphatic heterocycles. The van der Waals surface area contributed by atoms with Crippen molar-refractivity contribution in [3.63, 3.8) is 0 Å². The quantitative estimate of drug-likeness (QED) is 0.339. The fourth-order valence-electron chi connectivity index (χ4n) is 4.08. The summed E-state index contributed by atoms with van der Waals surface area (Å²) in [6.45, 7) is 1.89. The van der Waals surface area contributed by atoms with Crippen molar-refractivity contribution in [3.8, 4) is 22.6 Å². The van der Waals surface area contributed by atoms with Gasteiger partial charge in [-0.2, -0.15) is 5.10 Å². The van der Waals surface area contributed by atoms with E-state index >= 15 is 0 Å². The molecule has 2 heterocycles. The molecule has 4 rings (SSSR count). The number of methoxy groups -OCH3 is 3. The lowest BCUT2D eigenvalue weighted by atomic mass is 10.0. The van der Waals surface area contributed by atoms with E-state index in [2.05, 4.69) is 15.7 Å². The second kappa shape index (κ2) is 10.0. The smallest absolute Gasteiger partial charge is 0.271 e. The minimum Gasteiger partial charge on any atom is -0.493 e. The maximum atomic E-state index is 12.8. The summed E-state index contributed by atoms with van der Waals surface area (Å²) in [7, 11) is 4.60. The van der Waals surface area contributed by atoms with Gasteiger partial charge in [0.15, 0.2) is 11.5 Å². The first kappa shape index (κ1) is 24.7. The molecule has 0 saturated carbocycles. The number of aromatic nitrogens is 2. The highest BCUT2D eigenvalue weighted by Gasteiger charge is 2.37. The van der Waals surface area contributed by atoms with Gasteiger partial charge in [-0.3, -0.25) is 19.7 Å². The summed E-state index contributed by atoms with van der Waals surface area (Å²) >= 11 is 0. The van der Waals surface area contributed by atoms with Crippen molar-refractivity contribution < 1.29 is 28.7 Å². The molecule has 0 spiro atoms. The number of nitro groups is 1. The Morgan fingerprint density at radius 1 is 1.17 bits per heavy atom. The molecule has 1 unspecified atom stereocenters. The largest absolute Gasteiger partial charge is 0.493 e. The van der Waals surface area contributed by atoms with E-state index in [0.29, 0.717) is 39.8 Å². The number of carbonyl (C=O) groups excluding carboxylic acids is 2. The van der Waals surface area contributed by atoms with Crippen molar-refractivity contribution in [1.82, 2.24) is 9.78 Å². The Morgan fingerprint density at radius 2 is 1.92 bits per heavy atom. The van der Waals surface area contributed by atoms with Gasteiger partial charge in [0.1, 0.15) is 11.9 Å². The van der Waals surface area contributed by atoms with Crippen LogP contribution < -0.4 is 20.1 Å². The molecule has 0 radical (unpaired) electrons. The van der Waals surface area contributed by atoms with E-state index in [4.69, 9.17) is 14.2 Å². The normalized spacial score (nSPS) is 14.2. The zero-order valence-corrected chi connectivity index (χ0v) is 20.2. The van der Waals surface area contributed by atoms with Gasteiger partial charge in [0, 0.05) is 19.2 Å². The average molecular weight is 495 g/mol. The van der Waals surface area contributed by atoms with E-state index in [1.807, 2.05) is 6.07 Å². The molecule has 1 aromatic heterocycles. The summed E-state index contributed by atoms with van der Waals surface area (Å²) in [6, 6.07) is 8.61. The van der Waals surface area contributed by atoms with Crippen LogP contribution >= 0.6 is 0 Å². The van der Waals surface area contributed by atoms with Gasteiger partial charge >= 0.3 is 0 Å². The van der Waals surface area contributed by atoms with Crippen LogP contribution in [-0.4, -0.2) is 47.8 Å². The third kappa shape index (κ3) is 4.58. The fourth-order valence-corrected chi connectivity index (χ4v) is 4.08. The summed E-state index contributed by atoms with van der Waals surface area (Å²) in [5.74, 6) is 0.611. The Labute approximate surface area is 206 Å². The van der Waals surface area contributed by atoms with Crippen LogP contribution in [0.3, 0.4) is 0 Å². The molecule has 0 fully saturated rings. The van der Waals surface area contributed by atoms with Gasteiger partial charge in [0.25, 0.3) is 11.6 Å². The number of aryl methyl sites for hydroxylation is 1. The standard InChI is InChI=1S/C24H25N5O7/c1-13-5-7-15(29(32)33)10-16(13)25-21(30)11-18-24(31)26-23-22(17(12-34-2)27-28(18)23)14-6-8-19(35-3)20(9-14)36-4/h5-10,18H,11-12H2,1-4H3,(H,25,30)(H,26,31). The van der Waals surface area contributed by atoms with Crippen LogP contribution in [0.5, 0.6) is 11.5 Å². The van der Waals surface area contributed by atoms with Gasteiger partial charge in [-0.25, -0.2) is 4.68 Å². The number of ether oxygens (including phenoxy) is 3. The number of carbonyl (C=O) groups is 2. The maximum Gasteiger partial charge on any atom is 0.271 e. The van der Waals surface area contributed by atoms with Gasteiger partial charge in [-0.1, -0.05) is 12.1 Å². The van der Waals surface area contributed by atoms with E-state index in [0.717, 1.165) is 5.56 Å². The van der Waals surface area contributed by atoms with E-state index in [9.17, 15) is 19.7 Å². The Morgan fingerprint density at radius 3 is 2.58 bits per heavy atom. The molecule has 2 N–H and O–H groups in total. The van der Waals surface area contributed by atoms with E-state index in [-0.39, 0.29) is 18.7 Å². The number of nitrogens with one attached hydrogen (secondary N) is 2. The zero-order chi connectivity index (χ0) is 26.0. The van der Waals surface area contributed by atoms with Gasteiger partial charge in [0.05, 0.1) is 49.1 Å². The van der Waals surface area contributed by atoms with Crippen LogP contribution in [0.4, 0.5) is 17.2 Å². The van der Waals surface area contributed by atoms with Gasteiger partial charge in [-0.15, -0.1) is 0 Å². The lowest BCUT2D eigenvalue weighted by molar-refractivity contribution is -0.384. The summed E-state index contributed by atoms with van der Waals surface area (Å²) in [4.78, 5) is 36.2. The Balaban J connectivity index is 1.65. The number of hydrogen-bond donors (Lipinski definition) is 2. The number of nitrogens with zero attached hydrogens (tertiary/aromatic N) is 3. The highest BCUT2D eigenvalue weighted by Crippen LogP contribution is 2.41. The number of amides is 2. The summed E-state index contributed by atoms with van der Waals surface area (Å²) in [5.41, 5.74) is 2.75. The number of nitro benzene ring substituents is 1. The van der Waals surface area contributed by atoms with E-state index < -0.39 is 22.8 Å². The van der Waals surface area contributed by atoms with Crippen molar-refractivity contribution in [2.75, 3.05) is 32.0 Å². The van der Waals surface area contributed by atoms with Crippen molar-refractivity contribution >= 4 is 29.0 Å². The molecule has 0 saturated heterocycles. The molecule has 2 aromatic carbocycles. The van der Waals surface area contributed by atoms with Crippen molar-refractivity contribution in [2.24, 2.45) is 0 Å². The molecule has 1 aliphatic rings. The fraction of sp³-hybridized carbons (Fsp3) is 0.292. The van der Waals surface area contributed by atoms with Crippen molar-refractivity contribution in [2.45, 2.75) is 26.0 Å². The average Bonchev–Trinajstić information content (AvgIpc) is 3.34. The molecule has 12 nitrogen and oxygen atoms in total. The summed E-state index contributed by atoms with van der Waals surface area (Å²) in [6.07, 6.45) is -0.222. The topological polar surface area (TPSA) is 147 Å². The first-order valence-corrected chi connectivity index (χ1v) is 11.0. The Bertz CT molecular complexity index is 1350. The van der Waals surface area contributed by atoms with Crippen LogP contribution in [0.2, 0.25) is 0 Å². The SMILES string of the molecule is COCc1nn2c(c1-c1ccc(OC)c(OC)c1)NC(=O)C2CC(=O)Nc1cc([N+](=O)[O-])ccc1C. The Hall–Kier alpha value is -4.45. The highest BCUT2D eigenvalue weighted by molar-refractivity contribution is 6.04. The molecular weight excluding hydrogens is 470 g/mol. The number of anilines is 2. The molecular formula is C24H25N5O7. The summed E-state index contributed by atoms with van der Waals surface area (Å²) < 4.78 is 17.5. The number of benzene rings is 2. The van der Waals surface area contributed by atoms with Crippen LogP contribution in [-0.2, 0) is 20.9 Å². The highest BCUT2D eigenvalue weighted by atomic mass is 16.6. The van der Waals surface area contributed by atoms with Crippen LogP contribution in [0, 0.1) is 17.0 Å². The minimum atomic E-state index is -0.913. The van der Waals surface area contributed by atoms with Crippen LogP contribution in [0.15, 0.2) is 36.4 Å². The van der Waals surface area contributed by atoms with Gasteiger partial charge in [0.2, 0.25) is 5.91 Å². The molecule has 36 heavy (non-hydrogen) atoms. The minimum absolute atomic E-state index is 0.146. The zero-order valence-electron chi connectivity index (χ0n) is 20.2. The molecule has 0 aliphatic carbocycles. The second-order valence-electron chi connectivity index (χ2n) is 8.13. The van der Waals surface area contributed by atoms with Crippen molar-refractivity contribution in [3.05, 3.63) is 57.8 Å². The van der Waals surface area contributed by atoms with Crippen molar-refractivity contribution in [1.29, 1.82) is 0 Å². The molecule has 2 amide bonds.